The highest BCUT2D eigenvalue weighted by atomic mass is 16.5. The Kier molecular flexibility index (Phi) is 5.74. The Balaban J connectivity index is 1.32. The van der Waals surface area contributed by atoms with E-state index in [2.05, 4.69) is 20.1 Å². The Labute approximate surface area is 175 Å². The number of piperidine rings is 1. The number of ether oxygens (including phenoxy) is 1. The average molecular weight is 407 g/mol. The molecule has 0 aliphatic carbocycles. The van der Waals surface area contributed by atoms with Crippen LogP contribution in [0.4, 0.5) is 0 Å². The minimum Gasteiger partial charge on any atom is -0.481 e. The zero-order chi connectivity index (χ0) is 21.1. The van der Waals surface area contributed by atoms with Crippen molar-refractivity contribution >= 4 is 5.91 Å². The van der Waals surface area contributed by atoms with Crippen LogP contribution in [0.3, 0.4) is 0 Å². The van der Waals surface area contributed by atoms with Gasteiger partial charge in [0.2, 0.25) is 0 Å². The van der Waals surface area contributed by atoms with E-state index in [4.69, 9.17) is 9.26 Å². The van der Waals surface area contributed by atoms with Crippen LogP contribution in [0.5, 0.6) is 5.75 Å². The van der Waals surface area contributed by atoms with Gasteiger partial charge in [0.1, 0.15) is 11.4 Å². The molecular formula is C22H25N5O3. The first-order valence-electron chi connectivity index (χ1n) is 10.1. The summed E-state index contributed by atoms with van der Waals surface area (Å²) >= 11 is 0. The van der Waals surface area contributed by atoms with E-state index in [-0.39, 0.29) is 11.8 Å². The van der Waals surface area contributed by atoms with Gasteiger partial charge in [0.05, 0.1) is 11.9 Å². The van der Waals surface area contributed by atoms with Crippen molar-refractivity contribution in [2.45, 2.75) is 45.6 Å². The Morgan fingerprint density at radius 3 is 2.53 bits per heavy atom. The normalized spacial score (nSPS) is 15.8. The molecule has 2 aromatic heterocycles. The summed E-state index contributed by atoms with van der Waals surface area (Å²) in [7, 11) is 0. The lowest BCUT2D eigenvalue weighted by molar-refractivity contribution is -0.139. The lowest BCUT2D eigenvalue weighted by Gasteiger charge is -2.32. The van der Waals surface area contributed by atoms with Crippen LogP contribution >= 0.6 is 0 Å². The van der Waals surface area contributed by atoms with Crippen LogP contribution in [0.1, 0.15) is 42.8 Å². The van der Waals surface area contributed by atoms with Gasteiger partial charge in [0.15, 0.2) is 11.9 Å². The summed E-state index contributed by atoms with van der Waals surface area (Å²) in [4.78, 5) is 27.6. The maximum absolute atomic E-state index is 12.8. The monoisotopic (exact) mass is 407 g/mol. The molecule has 0 radical (unpaired) electrons. The van der Waals surface area contributed by atoms with E-state index in [0.29, 0.717) is 36.2 Å². The number of rotatable bonds is 5. The number of carbonyl (C=O) groups excluding carboxylic acids is 1. The van der Waals surface area contributed by atoms with Crippen LogP contribution < -0.4 is 4.74 Å². The van der Waals surface area contributed by atoms with Crippen LogP contribution in [0.2, 0.25) is 0 Å². The molecule has 30 heavy (non-hydrogen) atoms. The van der Waals surface area contributed by atoms with E-state index in [9.17, 15) is 4.79 Å². The van der Waals surface area contributed by atoms with Gasteiger partial charge in [0, 0.05) is 25.2 Å². The first kappa shape index (κ1) is 20.0. The van der Waals surface area contributed by atoms with Crippen LogP contribution in [0.15, 0.2) is 41.2 Å². The van der Waals surface area contributed by atoms with Crippen molar-refractivity contribution < 1.29 is 14.1 Å². The van der Waals surface area contributed by atoms with E-state index in [1.54, 1.807) is 19.3 Å². The zero-order valence-corrected chi connectivity index (χ0v) is 17.4. The summed E-state index contributed by atoms with van der Waals surface area (Å²) in [5.74, 6) is 1.88. The highest BCUT2D eigenvalue weighted by molar-refractivity contribution is 5.81. The SMILES string of the molecule is Cc1ccc(O[C@H](C)C(=O)N2CCC(c3noc(-c4cnc(C)cn4)n3)CC2)cc1. The van der Waals surface area contributed by atoms with Crippen LogP contribution in [-0.2, 0) is 4.79 Å². The van der Waals surface area contributed by atoms with Gasteiger partial charge in [0.25, 0.3) is 11.8 Å². The Morgan fingerprint density at radius 1 is 1.13 bits per heavy atom. The Hall–Kier alpha value is -3.29. The summed E-state index contributed by atoms with van der Waals surface area (Å²) in [5, 5.41) is 4.12. The molecule has 8 heteroatoms. The molecule has 4 rings (SSSR count). The van der Waals surface area contributed by atoms with Gasteiger partial charge >= 0.3 is 0 Å². The molecule has 1 aliphatic heterocycles. The van der Waals surface area contributed by atoms with Gasteiger partial charge in [-0.1, -0.05) is 22.9 Å². The van der Waals surface area contributed by atoms with Crippen LogP contribution in [-0.4, -0.2) is 50.1 Å². The summed E-state index contributed by atoms with van der Waals surface area (Å²) in [5.41, 5.74) is 2.55. The van der Waals surface area contributed by atoms with Crippen molar-refractivity contribution in [2.24, 2.45) is 0 Å². The molecular weight excluding hydrogens is 382 g/mol. The molecule has 1 atom stereocenters. The quantitative estimate of drug-likeness (QED) is 0.640. The summed E-state index contributed by atoms with van der Waals surface area (Å²) in [6, 6.07) is 7.72. The van der Waals surface area contributed by atoms with Crippen molar-refractivity contribution in [2.75, 3.05) is 13.1 Å². The number of carbonyl (C=O) groups is 1. The smallest absolute Gasteiger partial charge is 0.278 e. The predicted octanol–water partition coefficient (Wildman–Crippen LogP) is 3.32. The van der Waals surface area contributed by atoms with Gasteiger partial charge in [-0.3, -0.25) is 9.78 Å². The minimum atomic E-state index is -0.527. The van der Waals surface area contributed by atoms with Gasteiger partial charge in [-0.05, 0) is 45.7 Å². The van der Waals surface area contributed by atoms with E-state index in [1.807, 2.05) is 43.0 Å². The van der Waals surface area contributed by atoms with Crippen molar-refractivity contribution in [1.82, 2.24) is 25.0 Å². The van der Waals surface area contributed by atoms with E-state index < -0.39 is 6.10 Å². The standard InChI is InChI=1S/C22H25N5O3/c1-14-4-6-18(7-5-14)29-16(3)22(28)27-10-8-17(9-11-27)20-25-21(30-26-20)19-13-23-15(2)12-24-19/h4-7,12-13,16-17H,8-11H2,1-3H3/t16-/m1/s1. The molecule has 1 saturated heterocycles. The summed E-state index contributed by atoms with van der Waals surface area (Å²) in [6.45, 7) is 6.96. The Bertz CT molecular complexity index is 992. The van der Waals surface area contributed by atoms with Crippen molar-refractivity contribution in [1.29, 1.82) is 0 Å². The number of amides is 1. The second-order valence-electron chi connectivity index (χ2n) is 7.67. The topological polar surface area (TPSA) is 94.2 Å². The van der Waals surface area contributed by atoms with Crippen LogP contribution in [0.25, 0.3) is 11.6 Å². The predicted molar refractivity (Wildman–Crippen MR) is 110 cm³/mol. The number of nitrogens with zero attached hydrogens (tertiary/aromatic N) is 5. The number of benzene rings is 1. The van der Waals surface area contributed by atoms with Gasteiger partial charge in [-0.25, -0.2) is 4.98 Å². The lowest BCUT2D eigenvalue weighted by atomic mass is 9.96. The third-order valence-electron chi connectivity index (χ3n) is 5.30. The third kappa shape index (κ3) is 4.48. The average Bonchev–Trinajstić information content (AvgIpc) is 3.26. The first-order valence-corrected chi connectivity index (χ1v) is 10.1. The van der Waals surface area contributed by atoms with E-state index in [0.717, 1.165) is 24.1 Å². The Morgan fingerprint density at radius 2 is 1.87 bits per heavy atom. The molecule has 1 fully saturated rings. The second kappa shape index (κ2) is 8.61. The number of hydrogen-bond acceptors (Lipinski definition) is 7. The molecule has 3 heterocycles. The van der Waals surface area contributed by atoms with E-state index in [1.165, 1.54) is 0 Å². The molecule has 1 amide bonds. The van der Waals surface area contributed by atoms with Crippen molar-refractivity contribution in [3.8, 4) is 17.3 Å². The zero-order valence-electron chi connectivity index (χ0n) is 17.4. The number of aromatic nitrogens is 4. The fourth-order valence-corrected chi connectivity index (χ4v) is 3.49. The third-order valence-corrected chi connectivity index (χ3v) is 5.30. The molecule has 3 aromatic rings. The summed E-state index contributed by atoms with van der Waals surface area (Å²) in [6.07, 6.45) is 4.33. The van der Waals surface area contributed by atoms with E-state index >= 15 is 0 Å². The van der Waals surface area contributed by atoms with Gasteiger partial charge < -0.3 is 14.2 Å². The minimum absolute atomic E-state index is 0.00208. The molecule has 0 bridgehead atoms. The fraction of sp³-hybridized carbons (Fsp3) is 0.409. The first-order chi connectivity index (χ1) is 14.5. The van der Waals surface area contributed by atoms with Gasteiger partial charge in [-0.15, -0.1) is 0 Å². The molecule has 0 N–H and O–H groups in total. The fourth-order valence-electron chi connectivity index (χ4n) is 3.49. The number of hydrogen-bond donors (Lipinski definition) is 0. The highest BCUT2D eigenvalue weighted by Crippen LogP contribution is 2.28. The molecule has 0 saturated carbocycles. The number of likely N-dealkylation sites (tertiary alicyclic amines) is 1. The van der Waals surface area contributed by atoms with Gasteiger partial charge in [-0.2, -0.15) is 4.98 Å². The molecule has 1 aliphatic rings. The maximum atomic E-state index is 12.8. The second-order valence-corrected chi connectivity index (χ2v) is 7.67. The number of aryl methyl sites for hydroxylation is 2. The molecule has 0 spiro atoms. The van der Waals surface area contributed by atoms with Crippen molar-refractivity contribution in [3.63, 3.8) is 0 Å². The van der Waals surface area contributed by atoms with Crippen molar-refractivity contribution in [3.05, 3.63) is 53.7 Å². The molecule has 1 aromatic carbocycles. The molecule has 8 nitrogen and oxygen atoms in total. The molecule has 0 unspecified atom stereocenters. The highest BCUT2D eigenvalue weighted by Gasteiger charge is 2.30. The summed E-state index contributed by atoms with van der Waals surface area (Å²) < 4.78 is 11.2. The largest absolute Gasteiger partial charge is 0.481 e. The lowest BCUT2D eigenvalue weighted by Crippen LogP contribution is -2.44. The van der Waals surface area contributed by atoms with Crippen LogP contribution in [0, 0.1) is 13.8 Å². The maximum Gasteiger partial charge on any atom is 0.278 e. The molecule has 156 valence electrons.